The number of hydrogen-bond acceptors (Lipinski definition) is 4. The Morgan fingerprint density at radius 1 is 1.25 bits per heavy atom. The fourth-order valence-electron chi connectivity index (χ4n) is 2.10. The molecule has 1 aromatic carbocycles. The third-order valence-electron chi connectivity index (χ3n) is 3.24. The molecule has 0 saturated carbocycles. The van der Waals surface area contributed by atoms with Crippen LogP contribution in [0.1, 0.15) is 10.4 Å². The number of halogens is 2. The summed E-state index contributed by atoms with van der Waals surface area (Å²) < 4.78 is 14.6. The molecule has 6 heteroatoms. The van der Waals surface area contributed by atoms with Gasteiger partial charge in [0, 0.05) is 9.35 Å². The smallest absolute Gasteiger partial charge is 0.167 e. The first kappa shape index (κ1) is 13.5. The van der Waals surface area contributed by atoms with Gasteiger partial charge in [0.05, 0.1) is 10.9 Å². The molecule has 0 bridgehead atoms. The van der Waals surface area contributed by atoms with Gasteiger partial charge in [-0.2, -0.15) is 0 Å². The summed E-state index contributed by atoms with van der Waals surface area (Å²) >= 11 is 4.88. The SMILES string of the molecule is Cc1sc2nc(-c3c(F)cccc3Br)nc(N)c2c1C. The third kappa shape index (κ3) is 1.99. The van der Waals surface area contributed by atoms with Gasteiger partial charge in [-0.05, 0) is 47.5 Å². The maximum atomic E-state index is 14.0. The maximum absolute atomic E-state index is 14.0. The molecule has 0 fully saturated rings. The second-order valence-electron chi connectivity index (χ2n) is 4.49. The fraction of sp³-hybridized carbons (Fsp3) is 0.143. The van der Waals surface area contributed by atoms with E-state index in [1.165, 1.54) is 6.07 Å². The lowest BCUT2D eigenvalue weighted by Gasteiger charge is -2.06. The second kappa shape index (κ2) is 4.79. The van der Waals surface area contributed by atoms with Gasteiger partial charge in [-0.1, -0.05) is 6.07 Å². The highest BCUT2D eigenvalue weighted by atomic mass is 79.9. The van der Waals surface area contributed by atoms with Crippen molar-refractivity contribution in [1.82, 2.24) is 9.97 Å². The summed E-state index contributed by atoms with van der Waals surface area (Å²) in [6.07, 6.45) is 0. The highest BCUT2D eigenvalue weighted by molar-refractivity contribution is 9.10. The van der Waals surface area contributed by atoms with Crippen molar-refractivity contribution in [3.8, 4) is 11.4 Å². The summed E-state index contributed by atoms with van der Waals surface area (Å²) in [7, 11) is 0. The van der Waals surface area contributed by atoms with Crippen LogP contribution in [0.4, 0.5) is 10.2 Å². The Morgan fingerprint density at radius 3 is 2.70 bits per heavy atom. The molecule has 0 unspecified atom stereocenters. The molecule has 0 spiro atoms. The lowest BCUT2D eigenvalue weighted by molar-refractivity contribution is 0.629. The molecule has 2 N–H and O–H groups in total. The average molecular weight is 352 g/mol. The molecule has 3 aromatic rings. The predicted octanol–water partition coefficient (Wildman–Crippen LogP) is 4.46. The first-order chi connectivity index (χ1) is 9.49. The Labute approximate surface area is 127 Å². The van der Waals surface area contributed by atoms with Gasteiger partial charge in [0.1, 0.15) is 16.5 Å². The zero-order valence-corrected chi connectivity index (χ0v) is 13.3. The number of nitrogens with two attached hydrogens (primary N) is 1. The molecule has 0 aliphatic heterocycles. The largest absolute Gasteiger partial charge is 0.383 e. The topological polar surface area (TPSA) is 51.8 Å². The minimum Gasteiger partial charge on any atom is -0.383 e. The van der Waals surface area contributed by atoms with Crippen LogP contribution in [-0.2, 0) is 0 Å². The number of nitrogen functional groups attached to an aromatic ring is 1. The van der Waals surface area contributed by atoms with Crippen molar-refractivity contribution in [3.05, 3.63) is 38.9 Å². The van der Waals surface area contributed by atoms with E-state index in [1.54, 1.807) is 23.5 Å². The molecule has 102 valence electrons. The van der Waals surface area contributed by atoms with Gasteiger partial charge >= 0.3 is 0 Å². The lowest BCUT2D eigenvalue weighted by atomic mass is 10.1. The van der Waals surface area contributed by atoms with E-state index in [-0.39, 0.29) is 5.82 Å². The summed E-state index contributed by atoms with van der Waals surface area (Å²) in [6, 6.07) is 4.77. The molecule has 20 heavy (non-hydrogen) atoms. The zero-order valence-electron chi connectivity index (χ0n) is 10.9. The summed E-state index contributed by atoms with van der Waals surface area (Å²) in [5.41, 5.74) is 7.45. The monoisotopic (exact) mass is 351 g/mol. The van der Waals surface area contributed by atoms with Crippen molar-refractivity contribution in [3.63, 3.8) is 0 Å². The fourth-order valence-corrected chi connectivity index (χ4v) is 3.66. The van der Waals surface area contributed by atoms with E-state index in [0.29, 0.717) is 21.7 Å². The van der Waals surface area contributed by atoms with E-state index in [0.717, 1.165) is 20.7 Å². The van der Waals surface area contributed by atoms with E-state index in [4.69, 9.17) is 5.73 Å². The van der Waals surface area contributed by atoms with Gasteiger partial charge in [0.25, 0.3) is 0 Å². The Bertz CT molecular complexity index is 809. The lowest BCUT2D eigenvalue weighted by Crippen LogP contribution is -1.99. The molecular weight excluding hydrogens is 341 g/mol. The second-order valence-corrected chi connectivity index (χ2v) is 6.55. The number of benzene rings is 1. The van der Waals surface area contributed by atoms with Gasteiger partial charge in [-0.15, -0.1) is 11.3 Å². The average Bonchev–Trinajstić information content (AvgIpc) is 2.65. The van der Waals surface area contributed by atoms with Crippen molar-refractivity contribution < 1.29 is 4.39 Å². The number of thiophene rings is 1. The summed E-state index contributed by atoms with van der Waals surface area (Å²) in [5.74, 6) is 0.325. The number of rotatable bonds is 1. The minimum atomic E-state index is -0.372. The van der Waals surface area contributed by atoms with Crippen LogP contribution in [0.25, 0.3) is 21.6 Å². The molecule has 0 atom stereocenters. The maximum Gasteiger partial charge on any atom is 0.167 e. The number of nitrogens with zero attached hydrogens (tertiary/aromatic N) is 2. The van der Waals surface area contributed by atoms with E-state index in [9.17, 15) is 4.39 Å². The number of aromatic nitrogens is 2. The molecule has 0 amide bonds. The van der Waals surface area contributed by atoms with Crippen LogP contribution >= 0.6 is 27.3 Å². The van der Waals surface area contributed by atoms with Crippen LogP contribution < -0.4 is 5.73 Å². The highest BCUT2D eigenvalue weighted by Gasteiger charge is 2.17. The van der Waals surface area contributed by atoms with Crippen LogP contribution in [0.2, 0.25) is 0 Å². The summed E-state index contributed by atoms with van der Waals surface area (Å²) in [5, 5.41) is 0.865. The van der Waals surface area contributed by atoms with Crippen molar-refractivity contribution in [2.75, 3.05) is 5.73 Å². The zero-order chi connectivity index (χ0) is 14.4. The number of fused-ring (bicyclic) bond motifs is 1. The van der Waals surface area contributed by atoms with Crippen LogP contribution in [0.3, 0.4) is 0 Å². The van der Waals surface area contributed by atoms with Crippen LogP contribution in [0.5, 0.6) is 0 Å². The van der Waals surface area contributed by atoms with E-state index < -0.39 is 0 Å². The van der Waals surface area contributed by atoms with Crippen LogP contribution in [0, 0.1) is 19.7 Å². The van der Waals surface area contributed by atoms with Gasteiger partial charge in [0.2, 0.25) is 0 Å². The number of hydrogen-bond donors (Lipinski definition) is 1. The Kier molecular flexibility index (Phi) is 3.22. The summed E-state index contributed by atoms with van der Waals surface area (Å²) in [6.45, 7) is 4.01. The molecule has 0 saturated heterocycles. The van der Waals surface area contributed by atoms with Crippen molar-refractivity contribution >= 4 is 43.3 Å². The Hall–Kier alpha value is -1.53. The van der Waals surface area contributed by atoms with Gasteiger partial charge in [-0.3, -0.25) is 0 Å². The molecule has 0 aliphatic rings. The normalized spacial score (nSPS) is 11.2. The summed E-state index contributed by atoms with van der Waals surface area (Å²) in [4.78, 5) is 10.7. The standard InChI is InChI=1S/C14H11BrFN3S/c1-6-7(2)20-14-10(6)12(17)18-13(19-14)11-8(15)4-3-5-9(11)16/h3-5H,1-2H3,(H2,17,18,19). The predicted molar refractivity (Wildman–Crippen MR) is 84.4 cm³/mol. The highest BCUT2D eigenvalue weighted by Crippen LogP contribution is 2.35. The minimum absolute atomic E-state index is 0.307. The van der Waals surface area contributed by atoms with Crippen molar-refractivity contribution in [2.24, 2.45) is 0 Å². The van der Waals surface area contributed by atoms with E-state index in [2.05, 4.69) is 25.9 Å². The first-order valence-electron chi connectivity index (χ1n) is 5.96. The molecule has 2 heterocycles. The van der Waals surface area contributed by atoms with Crippen molar-refractivity contribution in [1.29, 1.82) is 0 Å². The van der Waals surface area contributed by atoms with Gasteiger partial charge in [-0.25, -0.2) is 14.4 Å². The quantitative estimate of drug-likeness (QED) is 0.704. The van der Waals surface area contributed by atoms with Gasteiger partial charge < -0.3 is 5.73 Å². The number of anilines is 1. The van der Waals surface area contributed by atoms with Crippen LogP contribution in [-0.4, -0.2) is 9.97 Å². The van der Waals surface area contributed by atoms with Gasteiger partial charge in [0.15, 0.2) is 5.82 Å². The molecule has 0 radical (unpaired) electrons. The Morgan fingerprint density at radius 2 is 2.00 bits per heavy atom. The van der Waals surface area contributed by atoms with E-state index in [1.807, 2.05) is 13.8 Å². The molecule has 3 rings (SSSR count). The molecule has 0 aliphatic carbocycles. The number of aryl methyl sites for hydroxylation is 2. The third-order valence-corrected chi connectivity index (χ3v) is 5.01. The van der Waals surface area contributed by atoms with Crippen molar-refractivity contribution in [2.45, 2.75) is 13.8 Å². The van der Waals surface area contributed by atoms with E-state index >= 15 is 0 Å². The van der Waals surface area contributed by atoms with Crippen LogP contribution in [0.15, 0.2) is 22.7 Å². The molecular formula is C14H11BrFN3S. The molecule has 3 nitrogen and oxygen atoms in total. The first-order valence-corrected chi connectivity index (χ1v) is 7.57. The Balaban J connectivity index is 2.34. The molecule has 2 aromatic heterocycles.